The molecular formula is C11H9F3O3. The highest BCUT2D eigenvalue weighted by atomic mass is 19.4. The van der Waals surface area contributed by atoms with Crippen molar-refractivity contribution in [1.29, 1.82) is 0 Å². The average Bonchev–Trinajstić information content (AvgIpc) is 2.95. The van der Waals surface area contributed by atoms with Gasteiger partial charge in [-0.1, -0.05) is 18.2 Å². The quantitative estimate of drug-likeness (QED) is 0.891. The van der Waals surface area contributed by atoms with Crippen LogP contribution in [-0.2, 0) is 4.79 Å². The van der Waals surface area contributed by atoms with Crippen molar-refractivity contribution < 1.29 is 27.8 Å². The second-order valence-corrected chi connectivity index (χ2v) is 3.87. The summed E-state index contributed by atoms with van der Waals surface area (Å²) in [5.74, 6) is -2.29. The van der Waals surface area contributed by atoms with Crippen molar-refractivity contribution in [3.63, 3.8) is 0 Å². The first-order valence-corrected chi connectivity index (χ1v) is 4.96. The fourth-order valence-electron chi connectivity index (χ4n) is 1.82. The maximum Gasteiger partial charge on any atom is 0.573 e. The monoisotopic (exact) mass is 246 g/mol. The van der Waals surface area contributed by atoms with E-state index in [4.69, 9.17) is 5.11 Å². The van der Waals surface area contributed by atoms with Gasteiger partial charge in [0, 0.05) is 5.92 Å². The first-order chi connectivity index (χ1) is 7.88. The summed E-state index contributed by atoms with van der Waals surface area (Å²) in [4.78, 5) is 10.7. The number of carbonyl (C=O) groups is 1. The summed E-state index contributed by atoms with van der Waals surface area (Å²) in [6.45, 7) is 0. The number of aliphatic carboxylic acids is 1. The van der Waals surface area contributed by atoms with Crippen LogP contribution in [0.2, 0.25) is 0 Å². The molecule has 0 spiro atoms. The van der Waals surface area contributed by atoms with Crippen molar-refractivity contribution in [3.8, 4) is 5.75 Å². The Kier molecular flexibility index (Phi) is 2.73. The molecular weight excluding hydrogens is 237 g/mol. The molecule has 1 aromatic carbocycles. The number of benzene rings is 1. The van der Waals surface area contributed by atoms with E-state index < -0.39 is 18.2 Å². The van der Waals surface area contributed by atoms with Crippen molar-refractivity contribution >= 4 is 5.97 Å². The topological polar surface area (TPSA) is 46.5 Å². The summed E-state index contributed by atoms with van der Waals surface area (Å²) in [5, 5.41) is 8.75. The van der Waals surface area contributed by atoms with Gasteiger partial charge < -0.3 is 9.84 Å². The number of para-hydroxylation sites is 1. The summed E-state index contributed by atoms with van der Waals surface area (Å²) in [6.07, 6.45) is -4.41. The molecule has 0 bridgehead atoms. The van der Waals surface area contributed by atoms with E-state index in [9.17, 15) is 18.0 Å². The molecule has 0 amide bonds. The van der Waals surface area contributed by atoms with Crippen molar-refractivity contribution in [2.75, 3.05) is 0 Å². The van der Waals surface area contributed by atoms with Crippen LogP contribution < -0.4 is 4.74 Å². The van der Waals surface area contributed by atoms with Gasteiger partial charge in [0.05, 0.1) is 5.92 Å². The smallest absolute Gasteiger partial charge is 0.481 e. The summed E-state index contributed by atoms with van der Waals surface area (Å²) in [7, 11) is 0. The largest absolute Gasteiger partial charge is 0.573 e. The third-order valence-corrected chi connectivity index (χ3v) is 2.65. The SMILES string of the molecule is O=C(O)C1CC1c1ccccc1OC(F)(F)F. The van der Waals surface area contributed by atoms with Gasteiger partial charge >= 0.3 is 12.3 Å². The lowest BCUT2D eigenvalue weighted by Crippen LogP contribution is -2.18. The lowest BCUT2D eigenvalue weighted by molar-refractivity contribution is -0.274. The zero-order valence-electron chi connectivity index (χ0n) is 8.57. The molecule has 0 aromatic heterocycles. The standard InChI is InChI=1S/C11H9F3O3/c12-11(13,14)17-9-4-2-1-3-6(9)7-5-8(7)10(15)16/h1-4,7-8H,5H2,(H,15,16). The Morgan fingerprint density at radius 1 is 1.35 bits per heavy atom. The number of rotatable bonds is 3. The Balaban J connectivity index is 2.21. The molecule has 1 fully saturated rings. The number of carboxylic acids is 1. The summed E-state index contributed by atoms with van der Waals surface area (Å²) in [5.41, 5.74) is 0.303. The van der Waals surface area contributed by atoms with Crippen molar-refractivity contribution in [3.05, 3.63) is 29.8 Å². The summed E-state index contributed by atoms with van der Waals surface area (Å²) < 4.78 is 40.2. The molecule has 3 nitrogen and oxygen atoms in total. The fourth-order valence-corrected chi connectivity index (χ4v) is 1.82. The lowest BCUT2D eigenvalue weighted by Gasteiger charge is -2.12. The molecule has 0 aliphatic heterocycles. The third kappa shape index (κ3) is 2.69. The van der Waals surface area contributed by atoms with E-state index in [-0.39, 0.29) is 11.7 Å². The van der Waals surface area contributed by atoms with Crippen LogP contribution in [0.15, 0.2) is 24.3 Å². The molecule has 2 rings (SSSR count). The van der Waals surface area contributed by atoms with Gasteiger partial charge in [-0.15, -0.1) is 13.2 Å². The molecule has 0 heterocycles. The van der Waals surface area contributed by atoms with E-state index in [0.717, 1.165) is 0 Å². The highest BCUT2D eigenvalue weighted by Crippen LogP contribution is 2.50. The van der Waals surface area contributed by atoms with Crippen LogP contribution in [0.4, 0.5) is 13.2 Å². The normalized spacial score (nSPS) is 23.2. The van der Waals surface area contributed by atoms with E-state index in [2.05, 4.69) is 4.74 Å². The molecule has 17 heavy (non-hydrogen) atoms. The second-order valence-electron chi connectivity index (χ2n) is 3.87. The van der Waals surface area contributed by atoms with Crippen LogP contribution in [0, 0.1) is 5.92 Å². The number of hydrogen-bond donors (Lipinski definition) is 1. The predicted octanol–water partition coefficient (Wildman–Crippen LogP) is 2.77. The maximum absolute atomic E-state index is 12.1. The molecule has 1 N–H and O–H groups in total. The highest BCUT2D eigenvalue weighted by molar-refractivity contribution is 5.75. The van der Waals surface area contributed by atoms with Gasteiger partial charge in [-0.3, -0.25) is 4.79 Å². The Morgan fingerprint density at radius 2 is 2.00 bits per heavy atom. The number of carboxylic acid groups (broad SMARTS) is 1. The van der Waals surface area contributed by atoms with Gasteiger partial charge in [0.2, 0.25) is 0 Å². The summed E-state index contributed by atoms with van der Waals surface area (Å²) >= 11 is 0. The molecule has 1 aromatic rings. The van der Waals surface area contributed by atoms with Gasteiger partial charge in [-0.05, 0) is 18.1 Å². The Bertz CT molecular complexity index is 442. The van der Waals surface area contributed by atoms with Gasteiger partial charge in [0.15, 0.2) is 0 Å². The lowest BCUT2D eigenvalue weighted by atomic mass is 10.1. The molecule has 2 unspecified atom stereocenters. The minimum absolute atomic E-state index is 0.303. The predicted molar refractivity (Wildman–Crippen MR) is 51.6 cm³/mol. The molecule has 1 aliphatic rings. The number of hydrogen-bond acceptors (Lipinski definition) is 2. The fraction of sp³-hybridized carbons (Fsp3) is 0.364. The van der Waals surface area contributed by atoms with Crippen LogP contribution in [0.25, 0.3) is 0 Å². The van der Waals surface area contributed by atoms with Crippen LogP contribution in [0.1, 0.15) is 17.9 Å². The number of alkyl halides is 3. The van der Waals surface area contributed by atoms with Crippen LogP contribution in [0.5, 0.6) is 5.75 Å². The molecule has 6 heteroatoms. The molecule has 2 atom stereocenters. The van der Waals surface area contributed by atoms with E-state index in [1.54, 1.807) is 6.07 Å². The molecule has 0 saturated heterocycles. The minimum Gasteiger partial charge on any atom is -0.481 e. The zero-order chi connectivity index (χ0) is 12.6. The van der Waals surface area contributed by atoms with Crippen molar-refractivity contribution in [2.45, 2.75) is 18.7 Å². The maximum atomic E-state index is 12.1. The first kappa shape index (κ1) is 11.8. The highest BCUT2D eigenvalue weighted by Gasteiger charge is 2.46. The van der Waals surface area contributed by atoms with Crippen LogP contribution in [0.3, 0.4) is 0 Å². The van der Waals surface area contributed by atoms with Crippen LogP contribution in [-0.4, -0.2) is 17.4 Å². The van der Waals surface area contributed by atoms with Gasteiger partial charge in [-0.25, -0.2) is 0 Å². The third-order valence-electron chi connectivity index (χ3n) is 2.65. The average molecular weight is 246 g/mol. The van der Waals surface area contributed by atoms with Gasteiger partial charge in [-0.2, -0.15) is 0 Å². The van der Waals surface area contributed by atoms with Gasteiger partial charge in [0.1, 0.15) is 5.75 Å². The van der Waals surface area contributed by atoms with E-state index in [0.29, 0.717) is 12.0 Å². The Morgan fingerprint density at radius 3 is 2.53 bits per heavy atom. The molecule has 1 saturated carbocycles. The summed E-state index contributed by atoms with van der Waals surface area (Å²) in [6, 6.07) is 5.65. The number of ether oxygens (including phenoxy) is 1. The Labute approximate surface area is 94.8 Å². The van der Waals surface area contributed by atoms with Crippen LogP contribution >= 0.6 is 0 Å². The molecule has 1 aliphatic carbocycles. The van der Waals surface area contributed by atoms with Gasteiger partial charge in [0.25, 0.3) is 0 Å². The molecule has 92 valence electrons. The van der Waals surface area contributed by atoms with Crippen molar-refractivity contribution in [2.24, 2.45) is 5.92 Å². The first-order valence-electron chi connectivity index (χ1n) is 4.96. The Hall–Kier alpha value is -1.72. The molecule has 0 radical (unpaired) electrons. The van der Waals surface area contributed by atoms with E-state index in [1.807, 2.05) is 0 Å². The van der Waals surface area contributed by atoms with Crippen molar-refractivity contribution in [1.82, 2.24) is 0 Å². The number of halogens is 3. The minimum atomic E-state index is -4.76. The zero-order valence-corrected chi connectivity index (χ0v) is 8.57. The van der Waals surface area contributed by atoms with E-state index >= 15 is 0 Å². The van der Waals surface area contributed by atoms with E-state index in [1.165, 1.54) is 18.2 Å². The second kappa shape index (κ2) is 3.94.